The van der Waals surface area contributed by atoms with Crippen molar-refractivity contribution in [2.45, 2.75) is 0 Å². The molecule has 0 fully saturated rings. The molecule has 0 spiro atoms. The molecule has 0 unspecified atom stereocenters. The van der Waals surface area contributed by atoms with E-state index < -0.39 is 5.09 Å². The fourth-order valence-corrected chi connectivity index (χ4v) is 0.566. The van der Waals surface area contributed by atoms with Crippen molar-refractivity contribution in [1.82, 2.24) is 9.78 Å². The van der Waals surface area contributed by atoms with Crippen molar-refractivity contribution in [3.63, 3.8) is 0 Å². The van der Waals surface area contributed by atoms with Crippen molar-refractivity contribution in [2.75, 3.05) is 0 Å². The monoisotopic (exact) mass is 171 g/mol. The summed E-state index contributed by atoms with van der Waals surface area (Å²) in [6, 6.07) is 1.23. The number of nitrogens with two attached hydrogens (primary N) is 1. The first-order valence-electron chi connectivity index (χ1n) is 2.82. The minimum atomic E-state index is -0.993. The molecule has 0 aliphatic heterocycles. The Bertz CT molecular complexity index is 318. The topological polar surface area (TPSA) is 120 Å². The molecule has 1 rings (SSSR count). The van der Waals surface area contributed by atoms with Gasteiger partial charge in [-0.25, -0.2) is 4.68 Å². The van der Waals surface area contributed by atoms with Crippen LogP contribution in [0.1, 0.15) is 0 Å². The number of hydrogen-bond donors (Lipinski definition) is 2. The summed E-state index contributed by atoms with van der Waals surface area (Å²) in [5.41, 5.74) is 5.02. The Balaban J connectivity index is 2.77. The first-order chi connectivity index (χ1) is 5.59. The average Bonchev–Trinajstić information content (AvgIpc) is 2.34. The molecule has 0 saturated carbocycles. The quantitative estimate of drug-likeness (QED) is 0.261. The average molecular weight is 171 g/mol. The van der Waals surface area contributed by atoms with Crippen molar-refractivity contribution >= 4 is 5.96 Å². The SMILES string of the molecule is N=C(N)n1ccc(O[N+](=O)[O-])n1. The Morgan fingerprint density at radius 2 is 2.58 bits per heavy atom. The summed E-state index contributed by atoms with van der Waals surface area (Å²) in [6.07, 6.45) is 1.28. The van der Waals surface area contributed by atoms with Crippen molar-refractivity contribution in [3.05, 3.63) is 22.4 Å². The van der Waals surface area contributed by atoms with Gasteiger partial charge in [-0.2, -0.15) is 0 Å². The van der Waals surface area contributed by atoms with Crippen LogP contribution in [0.2, 0.25) is 0 Å². The molecule has 12 heavy (non-hydrogen) atoms. The number of rotatable bonds is 2. The van der Waals surface area contributed by atoms with Gasteiger partial charge < -0.3 is 5.73 Å². The minimum Gasteiger partial charge on any atom is -0.368 e. The summed E-state index contributed by atoms with van der Waals surface area (Å²) in [4.78, 5) is 13.8. The van der Waals surface area contributed by atoms with Crippen molar-refractivity contribution in [1.29, 1.82) is 5.41 Å². The van der Waals surface area contributed by atoms with Crippen molar-refractivity contribution in [2.24, 2.45) is 5.73 Å². The predicted octanol–water partition coefficient (Wildman–Crippen LogP) is -0.805. The lowest BCUT2D eigenvalue weighted by molar-refractivity contribution is -0.712. The van der Waals surface area contributed by atoms with E-state index in [9.17, 15) is 10.1 Å². The number of nitrogen functional groups attached to an aromatic ring is 1. The van der Waals surface area contributed by atoms with E-state index in [4.69, 9.17) is 11.1 Å². The van der Waals surface area contributed by atoms with Gasteiger partial charge in [-0.1, -0.05) is 0 Å². The van der Waals surface area contributed by atoms with Crippen LogP contribution < -0.4 is 10.6 Å². The molecule has 0 aromatic carbocycles. The van der Waals surface area contributed by atoms with E-state index in [0.29, 0.717) is 0 Å². The number of aromatic nitrogens is 2. The van der Waals surface area contributed by atoms with Crippen LogP contribution in [-0.4, -0.2) is 20.8 Å². The maximum absolute atomic E-state index is 9.80. The highest BCUT2D eigenvalue weighted by Crippen LogP contribution is 2.03. The second-order valence-corrected chi connectivity index (χ2v) is 1.80. The zero-order valence-electron chi connectivity index (χ0n) is 5.80. The summed E-state index contributed by atoms with van der Waals surface area (Å²) < 4.78 is 0.943. The molecule has 0 bridgehead atoms. The molecule has 3 N–H and O–H groups in total. The molecule has 0 aliphatic rings. The van der Waals surface area contributed by atoms with Crippen LogP contribution >= 0.6 is 0 Å². The van der Waals surface area contributed by atoms with Crippen LogP contribution in [0.4, 0.5) is 0 Å². The van der Waals surface area contributed by atoms with Gasteiger partial charge in [-0.15, -0.1) is 15.2 Å². The third kappa shape index (κ3) is 1.68. The standard InChI is InChI=1S/C4H5N5O3/c5-4(6)8-2-1-3(7-8)12-9(10)11/h1-2H,(H3,5,6). The van der Waals surface area contributed by atoms with Gasteiger partial charge in [0, 0.05) is 12.3 Å². The molecule has 0 radical (unpaired) electrons. The lowest BCUT2D eigenvalue weighted by Crippen LogP contribution is -2.21. The maximum Gasteiger partial charge on any atom is 0.301 e. The first kappa shape index (κ1) is 7.98. The third-order valence-electron chi connectivity index (χ3n) is 0.979. The van der Waals surface area contributed by atoms with Gasteiger partial charge in [0.05, 0.1) is 0 Å². The van der Waals surface area contributed by atoms with E-state index in [-0.39, 0.29) is 11.8 Å². The van der Waals surface area contributed by atoms with Gasteiger partial charge in [0.25, 0.3) is 0 Å². The van der Waals surface area contributed by atoms with E-state index in [0.717, 1.165) is 4.68 Å². The molecule has 64 valence electrons. The molecule has 8 nitrogen and oxygen atoms in total. The summed E-state index contributed by atoms with van der Waals surface area (Å²) in [6.45, 7) is 0. The second-order valence-electron chi connectivity index (χ2n) is 1.80. The summed E-state index contributed by atoms with van der Waals surface area (Å²) >= 11 is 0. The third-order valence-corrected chi connectivity index (χ3v) is 0.979. The van der Waals surface area contributed by atoms with E-state index >= 15 is 0 Å². The minimum absolute atomic E-state index is 0.213. The molecular weight excluding hydrogens is 166 g/mol. The van der Waals surface area contributed by atoms with Crippen LogP contribution in [0.15, 0.2) is 12.3 Å². The Morgan fingerprint density at radius 3 is 3.00 bits per heavy atom. The molecule has 8 heteroatoms. The van der Waals surface area contributed by atoms with Gasteiger partial charge in [-0.3, -0.25) is 10.2 Å². The molecule has 0 atom stereocenters. The number of nitrogens with zero attached hydrogens (tertiary/aromatic N) is 3. The summed E-state index contributed by atoms with van der Waals surface area (Å²) in [5.74, 6) is -0.552. The number of hydrogen-bond acceptors (Lipinski definition) is 5. The molecule has 1 aromatic rings. The van der Waals surface area contributed by atoms with E-state index in [1.807, 2.05) is 0 Å². The summed E-state index contributed by atoms with van der Waals surface area (Å²) in [7, 11) is 0. The zero-order valence-corrected chi connectivity index (χ0v) is 5.80. The fourth-order valence-electron chi connectivity index (χ4n) is 0.566. The van der Waals surface area contributed by atoms with Crippen LogP contribution in [0, 0.1) is 15.5 Å². The Labute approximate surface area is 66.1 Å². The van der Waals surface area contributed by atoms with Gasteiger partial charge in [0.15, 0.2) is 0 Å². The molecule has 0 aliphatic carbocycles. The predicted molar refractivity (Wildman–Crippen MR) is 37.2 cm³/mol. The lowest BCUT2D eigenvalue weighted by atomic mass is 10.7. The van der Waals surface area contributed by atoms with Crippen molar-refractivity contribution < 1.29 is 9.92 Å². The van der Waals surface area contributed by atoms with Crippen LogP contribution in [0.5, 0.6) is 5.88 Å². The largest absolute Gasteiger partial charge is 0.368 e. The Hall–Kier alpha value is -2.12. The lowest BCUT2D eigenvalue weighted by Gasteiger charge is -1.93. The normalized spacial score (nSPS) is 9.33. The second kappa shape index (κ2) is 2.86. The number of nitrogens with one attached hydrogen (secondary N) is 1. The van der Waals surface area contributed by atoms with E-state index in [1.165, 1.54) is 12.3 Å². The van der Waals surface area contributed by atoms with E-state index in [1.54, 1.807) is 0 Å². The van der Waals surface area contributed by atoms with E-state index in [2.05, 4.69) is 9.94 Å². The zero-order chi connectivity index (χ0) is 9.14. The highest BCUT2D eigenvalue weighted by Gasteiger charge is 2.03. The Kier molecular flexibility index (Phi) is 1.90. The summed E-state index contributed by atoms with van der Waals surface area (Å²) in [5, 5.41) is 19.1. The van der Waals surface area contributed by atoms with Crippen LogP contribution in [0.3, 0.4) is 0 Å². The van der Waals surface area contributed by atoms with Crippen LogP contribution in [0.25, 0.3) is 0 Å². The first-order valence-corrected chi connectivity index (χ1v) is 2.82. The molecule has 0 amide bonds. The fraction of sp³-hybridized carbons (Fsp3) is 0. The van der Waals surface area contributed by atoms with Gasteiger partial charge >= 0.3 is 5.09 Å². The van der Waals surface area contributed by atoms with Crippen molar-refractivity contribution in [3.8, 4) is 5.88 Å². The molecule has 1 heterocycles. The molecule has 0 saturated heterocycles. The molecule has 1 aromatic heterocycles. The smallest absolute Gasteiger partial charge is 0.301 e. The van der Waals surface area contributed by atoms with Gasteiger partial charge in [0.2, 0.25) is 11.8 Å². The van der Waals surface area contributed by atoms with Gasteiger partial charge in [-0.05, 0) is 0 Å². The van der Waals surface area contributed by atoms with Gasteiger partial charge in [0.1, 0.15) is 0 Å². The Morgan fingerprint density at radius 1 is 1.92 bits per heavy atom. The maximum atomic E-state index is 9.80. The van der Waals surface area contributed by atoms with Crippen LogP contribution in [-0.2, 0) is 0 Å². The molecular formula is C4H5N5O3. The highest BCUT2D eigenvalue weighted by molar-refractivity contribution is 5.76. The highest BCUT2D eigenvalue weighted by atomic mass is 17.0.